The van der Waals surface area contributed by atoms with Crippen molar-refractivity contribution in [2.75, 3.05) is 13.7 Å². The van der Waals surface area contributed by atoms with Crippen molar-refractivity contribution < 1.29 is 23.3 Å². The number of nitrogens with one attached hydrogen (secondary N) is 1. The summed E-state index contributed by atoms with van der Waals surface area (Å²) in [4.78, 5) is 14.9. The molecule has 39 heavy (non-hydrogen) atoms. The van der Waals surface area contributed by atoms with E-state index in [0.29, 0.717) is 16.3 Å². The molecule has 0 amide bonds. The number of benzene rings is 2. The predicted molar refractivity (Wildman–Crippen MR) is 145 cm³/mol. The first-order valence-corrected chi connectivity index (χ1v) is 14.3. The van der Waals surface area contributed by atoms with E-state index < -0.39 is 41.9 Å². The quantitative estimate of drug-likeness (QED) is 0.292. The minimum atomic E-state index is -0.684. The maximum absolute atomic E-state index is 14.1. The summed E-state index contributed by atoms with van der Waals surface area (Å²) in [7, 11) is 1.57. The van der Waals surface area contributed by atoms with Gasteiger partial charge in [-0.1, -0.05) is 81.8 Å². The zero-order valence-electron chi connectivity index (χ0n) is 20.2. The van der Waals surface area contributed by atoms with Gasteiger partial charge in [-0.15, -0.1) is 5.10 Å². The monoisotopic (exact) mass is 610 g/mol. The summed E-state index contributed by atoms with van der Waals surface area (Å²) in [5, 5.41) is 10.2. The lowest BCUT2D eigenvalue weighted by Gasteiger charge is -2.48. The van der Waals surface area contributed by atoms with Gasteiger partial charge in [-0.25, -0.2) is 9.07 Å². The summed E-state index contributed by atoms with van der Waals surface area (Å²) >= 11 is 14.4. The first kappa shape index (κ1) is 26.9. The maximum Gasteiger partial charge on any atom is 0.304 e. The predicted octanol–water partition coefficient (Wildman–Crippen LogP) is 5.33. The van der Waals surface area contributed by atoms with E-state index in [1.807, 2.05) is 30.3 Å². The molecule has 14 heteroatoms. The number of H-pyrrole nitrogens is 1. The Hall–Kier alpha value is -2.29. The van der Waals surface area contributed by atoms with Gasteiger partial charge in [0, 0.05) is 22.9 Å². The van der Waals surface area contributed by atoms with Gasteiger partial charge in [-0.3, -0.25) is 4.79 Å². The molecule has 2 aromatic carbocycles. The third-order valence-corrected chi connectivity index (χ3v) is 8.81. The Bertz CT molecular complexity index is 1500. The molecular formula is C25H21Cl2FN4O5S2. The second kappa shape index (κ2) is 11.3. The van der Waals surface area contributed by atoms with Gasteiger partial charge in [-0.2, -0.15) is 0 Å². The summed E-state index contributed by atoms with van der Waals surface area (Å²) in [6.45, 7) is 0.249. The van der Waals surface area contributed by atoms with E-state index >= 15 is 0 Å². The second-order valence-corrected chi connectivity index (χ2v) is 11.7. The van der Waals surface area contributed by atoms with Crippen molar-refractivity contribution >= 4 is 46.3 Å². The topological polar surface area (TPSA) is 100 Å². The average molecular weight is 612 g/mol. The number of thiazole rings is 1. The molecule has 1 N–H and O–H groups in total. The number of nitrogens with zero attached hydrogens (tertiary/aromatic N) is 3. The first-order valence-electron chi connectivity index (χ1n) is 11.8. The van der Waals surface area contributed by atoms with Crippen LogP contribution in [0, 0.1) is 5.82 Å². The van der Waals surface area contributed by atoms with Crippen molar-refractivity contribution in [1.29, 1.82) is 0 Å². The molecule has 4 aromatic rings. The molecule has 0 aliphatic carbocycles. The molecule has 2 aliphatic heterocycles. The lowest BCUT2D eigenvalue weighted by Crippen LogP contribution is -2.59. The Balaban J connectivity index is 1.36. The Kier molecular flexibility index (Phi) is 7.79. The highest BCUT2D eigenvalue weighted by atomic mass is 35.5. The smallest absolute Gasteiger partial charge is 0.304 e. The highest BCUT2D eigenvalue weighted by Crippen LogP contribution is 2.45. The molecule has 4 unspecified atom stereocenters. The molecule has 204 valence electrons. The zero-order chi connectivity index (χ0) is 27.1. The third kappa shape index (κ3) is 5.40. The van der Waals surface area contributed by atoms with Gasteiger partial charge in [-0.05, 0) is 12.1 Å². The third-order valence-electron chi connectivity index (χ3n) is 6.48. The van der Waals surface area contributed by atoms with E-state index in [4.69, 9.17) is 42.1 Å². The van der Waals surface area contributed by atoms with Crippen LogP contribution in [0.2, 0.25) is 10.0 Å². The molecule has 6 atom stereocenters. The number of hydrogen-bond donors (Lipinski definition) is 1. The van der Waals surface area contributed by atoms with Gasteiger partial charge >= 0.3 is 4.87 Å². The van der Waals surface area contributed by atoms with E-state index in [1.54, 1.807) is 23.4 Å². The summed E-state index contributed by atoms with van der Waals surface area (Å²) < 4.78 is 40.7. The number of hydrogen-bond acceptors (Lipinski definition) is 9. The van der Waals surface area contributed by atoms with Crippen LogP contribution >= 0.6 is 46.3 Å². The molecular weight excluding hydrogens is 590 g/mol. The van der Waals surface area contributed by atoms with E-state index in [1.165, 1.54) is 23.9 Å². The minimum absolute atomic E-state index is 0.0927. The molecule has 9 nitrogen and oxygen atoms in total. The van der Waals surface area contributed by atoms with Crippen molar-refractivity contribution in [3.05, 3.63) is 85.1 Å². The van der Waals surface area contributed by atoms with Gasteiger partial charge in [0.2, 0.25) is 0 Å². The van der Waals surface area contributed by atoms with Crippen LogP contribution in [-0.4, -0.2) is 57.4 Å². The summed E-state index contributed by atoms with van der Waals surface area (Å²) in [6, 6.07) is 12.1. The largest absolute Gasteiger partial charge is 0.375 e. The molecule has 6 rings (SSSR count). The van der Waals surface area contributed by atoms with Crippen LogP contribution in [0.5, 0.6) is 0 Å². The lowest BCUT2D eigenvalue weighted by atomic mass is 9.95. The van der Waals surface area contributed by atoms with E-state index in [-0.39, 0.29) is 21.5 Å². The zero-order valence-corrected chi connectivity index (χ0v) is 23.3. The average Bonchev–Trinajstić information content (AvgIpc) is 3.60. The number of ether oxygens (including phenoxy) is 4. The van der Waals surface area contributed by atoms with E-state index in [2.05, 4.69) is 15.3 Å². The molecule has 0 radical (unpaired) electrons. The fourth-order valence-electron chi connectivity index (χ4n) is 4.68. The number of fused-ring (bicyclic) bond motifs is 1. The van der Waals surface area contributed by atoms with Crippen molar-refractivity contribution in [3.63, 3.8) is 0 Å². The molecule has 2 fully saturated rings. The van der Waals surface area contributed by atoms with Crippen LogP contribution in [0.25, 0.3) is 11.4 Å². The highest BCUT2D eigenvalue weighted by molar-refractivity contribution is 7.99. The highest BCUT2D eigenvalue weighted by Gasteiger charge is 2.52. The molecule has 0 spiro atoms. The van der Waals surface area contributed by atoms with Gasteiger partial charge in [0.05, 0.1) is 28.5 Å². The van der Waals surface area contributed by atoms with Crippen LogP contribution in [-0.2, 0) is 18.9 Å². The number of thioether (sulfide) groups is 1. The van der Waals surface area contributed by atoms with Crippen molar-refractivity contribution in [2.45, 2.75) is 41.0 Å². The summed E-state index contributed by atoms with van der Waals surface area (Å²) in [5.74, 6) is -0.684. The number of aromatic amines is 1. The van der Waals surface area contributed by atoms with Crippen LogP contribution in [0.4, 0.5) is 4.39 Å². The van der Waals surface area contributed by atoms with Crippen molar-refractivity contribution in [2.24, 2.45) is 0 Å². The summed E-state index contributed by atoms with van der Waals surface area (Å²) in [6.07, 6.45) is -0.488. The van der Waals surface area contributed by atoms with E-state index in [9.17, 15) is 9.18 Å². The van der Waals surface area contributed by atoms with Crippen LogP contribution < -0.4 is 4.87 Å². The fourth-order valence-corrected chi connectivity index (χ4v) is 7.11. The van der Waals surface area contributed by atoms with Crippen molar-refractivity contribution in [3.8, 4) is 11.4 Å². The molecule has 2 aliphatic rings. The van der Waals surface area contributed by atoms with Crippen molar-refractivity contribution in [1.82, 2.24) is 20.0 Å². The van der Waals surface area contributed by atoms with Crippen LogP contribution in [0.15, 0.2) is 63.7 Å². The van der Waals surface area contributed by atoms with Gasteiger partial charge in [0.25, 0.3) is 0 Å². The number of aromatic nitrogens is 4. The minimum Gasteiger partial charge on any atom is -0.375 e. The molecule has 2 saturated heterocycles. The van der Waals surface area contributed by atoms with Gasteiger partial charge in [0.1, 0.15) is 35.5 Å². The fraction of sp³-hybridized carbons (Fsp3) is 0.320. The SMILES string of the molecule is COC1C(n2cc(-c3csc(=O)[nH]3)nn2)[C@H]2OC(c3ccccc3)OCC2O[C@@H]1Sc1cc(Cl)c(F)c(Cl)c1. The maximum atomic E-state index is 14.1. The van der Waals surface area contributed by atoms with Crippen LogP contribution in [0.3, 0.4) is 0 Å². The Morgan fingerprint density at radius 1 is 1.21 bits per heavy atom. The Labute approximate surface area is 240 Å². The first-order chi connectivity index (χ1) is 18.9. The molecule has 0 saturated carbocycles. The molecule has 2 aromatic heterocycles. The second-order valence-electron chi connectivity index (χ2n) is 8.87. The Morgan fingerprint density at radius 3 is 2.67 bits per heavy atom. The van der Waals surface area contributed by atoms with Crippen LogP contribution in [0.1, 0.15) is 17.9 Å². The van der Waals surface area contributed by atoms with Gasteiger partial charge in [0.15, 0.2) is 12.1 Å². The number of methoxy groups -OCH3 is 1. The van der Waals surface area contributed by atoms with Gasteiger partial charge < -0.3 is 23.9 Å². The summed E-state index contributed by atoms with van der Waals surface area (Å²) in [5.41, 5.74) is 1.34. The lowest BCUT2D eigenvalue weighted by molar-refractivity contribution is -0.308. The Morgan fingerprint density at radius 2 is 1.97 bits per heavy atom. The standard InChI is InChI=1S/C25H21Cl2FN4O5S2/c1-34-22-20(32-9-16(30-31-32)17-11-38-25(33)29-17)21-18(10-35-23(37-21)12-5-3-2-4-6-12)36-24(22)39-13-7-14(26)19(28)15(27)8-13/h2-9,11,18,20-24H,10H2,1H3,(H,29,33)/t18?,20?,21-,22?,23?,24+/m0/s1. The molecule has 4 heterocycles. The molecule has 0 bridgehead atoms. The van der Waals surface area contributed by atoms with E-state index in [0.717, 1.165) is 16.9 Å². The number of halogens is 3. The normalized spacial score (nSPS) is 26.9. The number of rotatable bonds is 6.